The Balaban J connectivity index is 0.000000490. The van der Waals surface area contributed by atoms with Gasteiger partial charge in [0, 0.05) is 0 Å². The zero-order valence-electron chi connectivity index (χ0n) is 4.52. The van der Waals surface area contributed by atoms with Crippen LogP contribution in [-0.4, -0.2) is 28.8 Å². The van der Waals surface area contributed by atoms with Crippen LogP contribution in [0.3, 0.4) is 0 Å². The fourth-order valence-corrected chi connectivity index (χ4v) is 1.15. The Bertz CT molecular complexity index is 132. The summed E-state index contributed by atoms with van der Waals surface area (Å²) in [4.78, 5) is 0. The van der Waals surface area contributed by atoms with E-state index >= 15 is 0 Å². The minimum absolute atomic E-state index is 0. The lowest BCUT2D eigenvalue weighted by atomic mass is 10.8. The van der Waals surface area contributed by atoms with Gasteiger partial charge in [-0.05, 0) is 11.8 Å². The lowest BCUT2D eigenvalue weighted by Gasteiger charge is -1.80. The fourth-order valence-electron chi connectivity index (χ4n) is 0.413. The number of nitrogens with zero attached hydrogens (tertiary/aromatic N) is 1. The molecule has 0 aromatic carbocycles. The molecule has 0 amide bonds. The summed E-state index contributed by atoms with van der Waals surface area (Å²) < 4.78 is 1.82. The number of nitrogens with one attached hydrogen (secondary N) is 1. The van der Waals surface area contributed by atoms with Crippen LogP contribution in [0.15, 0.2) is 0 Å². The van der Waals surface area contributed by atoms with Gasteiger partial charge in [-0.25, -0.2) is 4.58 Å². The van der Waals surface area contributed by atoms with Gasteiger partial charge in [0.1, 0.15) is 0 Å². The van der Waals surface area contributed by atoms with E-state index in [1.807, 2.05) is 17.8 Å². The number of amidine groups is 1. The molecule has 0 fully saturated rings. The number of halogens is 1. The molecule has 0 atom stereocenters. The average molecular weight is 242 g/mol. The van der Waals surface area contributed by atoms with E-state index in [9.17, 15) is 0 Å². The molecule has 2 nitrogen and oxygen atoms in total. The largest absolute Gasteiger partial charge is 1.00 e. The van der Waals surface area contributed by atoms with Gasteiger partial charge in [0.2, 0.25) is 0 Å². The van der Waals surface area contributed by atoms with Crippen LogP contribution in [-0.2, 0) is 0 Å². The molecule has 0 unspecified atom stereocenters. The van der Waals surface area contributed by atoms with E-state index in [0.29, 0.717) is 5.17 Å². The standard InChI is InChI=1S/C4H7N2S.HI/c1-6-2-3-7-4(6)5;/h2,5H,3H2,1H3;1H/q+1;/p-1. The normalized spacial score (nSPS) is 17.6. The molecule has 0 aliphatic carbocycles. The maximum absolute atomic E-state index is 7.11. The van der Waals surface area contributed by atoms with Crippen LogP contribution in [0.1, 0.15) is 0 Å². The first-order valence-corrected chi connectivity index (χ1v) is 3.07. The molecule has 0 aromatic rings. The minimum atomic E-state index is 0. The predicted molar refractivity (Wildman–Crippen MR) is 32.4 cm³/mol. The molecule has 1 N–H and O–H groups in total. The van der Waals surface area contributed by atoms with E-state index in [2.05, 4.69) is 0 Å². The molecule has 0 aromatic heterocycles. The van der Waals surface area contributed by atoms with Gasteiger partial charge in [-0.3, -0.25) is 0 Å². The zero-order valence-corrected chi connectivity index (χ0v) is 7.49. The van der Waals surface area contributed by atoms with Gasteiger partial charge in [-0.15, -0.1) is 0 Å². The predicted octanol–water partition coefficient (Wildman–Crippen LogP) is -2.61. The lowest BCUT2D eigenvalue weighted by molar-refractivity contribution is -0.358. The monoisotopic (exact) mass is 242 g/mol. The number of thioether (sulfide) groups is 1. The van der Waals surface area contributed by atoms with Gasteiger partial charge in [0.05, 0.1) is 19.0 Å². The average Bonchev–Trinajstić information content (AvgIpc) is 1.91. The Morgan fingerprint density at radius 3 is 2.62 bits per heavy atom. The fraction of sp³-hybridized carbons (Fsp3) is 0.500. The van der Waals surface area contributed by atoms with Gasteiger partial charge in [-0.2, -0.15) is 0 Å². The Morgan fingerprint density at radius 1 is 1.88 bits per heavy atom. The number of rotatable bonds is 0. The highest BCUT2D eigenvalue weighted by atomic mass is 127. The Hall–Kier alpha value is 0.420. The summed E-state index contributed by atoms with van der Waals surface area (Å²) >= 11 is 1.56. The summed E-state index contributed by atoms with van der Waals surface area (Å²) in [5, 5.41) is 7.77. The lowest BCUT2D eigenvalue weighted by Crippen LogP contribution is -3.00. The van der Waals surface area contributed by atoms with Crippen molar-refractivity contribution in [3.63, 3.8) is 0 Å². The molecular formula is C4H7IN2S. The van der Waals surface area contributed by atoms with Crippen LogP contribution in [0, 0.1) is 5.41 Å². The molecule has 46 valence electrons. The van der Waals surface area contributed by atoms with Crippen molar-refractivity contribution in [2.75, 3.05) is 12.8 Å². The Kier molecular flexibility index (Phi) is 3.63. The van der Waals surface area contributed by atoms with Crippen molar-refractivity contribution in [3.8, 4) is 0 Å². The van der Waals surface area contributed by atoms with Crippen molar-refractivity contribution in [2.45, 2.75) is 0 Å². The zero-order chi connectivity index (χ0) is 5.28. The smallest absolute Gasteiger partial charge is 0.351 e. The summed E-state index contributed by atoms with van der Waals surface area (Å²) in [5.74, 6) is 0.968. The van der Waals surface area contributed by atoms with Crippen molar-refractivity contribution in [3.05, 3.63) is 0 Å². The van der Waals surface area contributed by atoms with Crippen LogP contribution in [0.25, 0.3) is 0 Å². The molecule has 8 heavy (non-hydrogen) atoms. The molecule has 0 spiro atoms. The molecule has 0 saturated heterocycles. The molecule has 0 saturated carbocycles. The van der Waals surface area contributed by atoms with Crippen molar-refractivity contribution >= 4 is 23.1 Å². The van der Waals surface area contributed by atoms with Gasteiger partial charge in [0.15, 0.2) is 0 Å². The Labute approximate surface area is 69.9 Å². The molecule has 0 bridgehead atoms. The third-order valence-electron chi connectivity index (χ3n) is 0.889. The van der Waals surface area contributed by atoms with E-state index in [1.54, 1.807) is 11.8 Å². The van der Waals surface area contributed by atoms with Crippen LogP contribution < -0.4 is 24.0 Å². The quantitative estimate of drug-likeness (QED) is 0.365. The maximum atomic E-state index is 7.11. The van der Waals surface area contributed by atoms with Gasteiger partial charge in [-0.1, -0.05) is 5.41 Å². The van der Waals surface area contributed by atoms with Crippen molar-refractivity contribution in [2.24, 2.45) is 0 Å². The van der Waals surface area contributed by atoms with Crippen molar-refractivity contribution in [1.29, 1.82) is 5.41 Å². The summed E-state index contributed by atoms with van der Waals surface area (Å²) in [6.45, 7) is 0. The second kappa shape index (κ2) is 3.45. The second-order valence-corrected chi connectivity index (χ2v) is 2.42. The summed E-state index contributed by atoms with van der Waals surface area (Å²) in [6, 6.07) is 0. The van der Waals surface area contributed by atoms with Crippen LogP contribution in [0.5, 0.6) is 0 Å². The van der Waals surface area contributed by atoms with Crippen LogP contribution in [0.2, 0.25) is 0 Å². The minimum Gasteiger partial charge on any atom is -1.00 e. The number of hydrogen-bond donors (Lipinski definition) is 1. The third kappa shape index (κ3) is 1.74. The van der Waals surface area contributed by atoms with E-state index in [4.69, 9.17) is 5.41 Å². The van der Waals surface area contributed by atoms with Crippen molar-refractivity contribution < 1.29 is 28.6 Å². The highest BCUT2D eigenvalue weighted by Crippen LogP contribution is 2.04. The highest BCUT2D eigenvalue weighted by molar-refractivity contribution is 8.14. The van der Waals surface area contributed by atoms with Gasteiger partial charge in [0.25, 0.3) is 0 Å². The van der Waals surface area contributed by atoms with E-state index in [-0.39, 0.29) is 24.0 Å². The van der Waals surface area contributed by atoms with E-state index in [1.165, 1.54) is 0 Å². The maximum Gasteiger partial charge on any atom is 0.351 e. The Morgan fingerprint density at radius 2 is 2.50 bits per heavy atom. The van der Waals surface area contributed by atoms with E-state index < -0.39 is 0 Å². The first-order chi connectivity index (χ1) is 3.30. The molecule has 4 heteroatoms. The van der Waals surface area contributed by atoms with E-state index in [0.717, 1.165) is 5.75 Å². The summed E-state index contributed by atoms with van der Waals surface area (Å²) in [6.07, 6.45) is 1.99. The summed E-state index contributed by atoms with van der Waals surface area (Å²) in [5.41, 5.74) is 0. The third-order valence-corrected chi connectivity index (χ3v) is 1.77. The molecule has 1 aliphatic rings. The molecule has 1 rings (SSSR count). The van der Waals surface area contributed by atoms with Crippen molar-refractivity contribution in [1.82, 2.24) is 0 Å². The highest BCUT2D eigenvalue weighted by Gasteiger charge is 2.12. The molecule has 0 radical (unpaired) electrons. The molecule has 1 aliphatic heterocycles. The first kappa shape index (κ1) is 8.42. The van der Waals surface area contributed by atoms with Gasteiger partial charge < -0.3 is 24.0 Å². The number of hydrogen-bond acceptors (Lipinski definition) is 2. The van der Waals surface area contributed by atoms with Crippen LogP contribution >= 0.6 is 11.8 Å². The molecular weight excluding hydrogens is 235 g/mol. The summed E-state index contributed by atoms with van der Waals surface area (Å²) in [7, 11) is 1.89. The first-order valence-electron chi connectivity index (χ1n) is 2.08. The SMILES string of the molecule is C[N+]1=CCSC1=N.[I-]. The van der Waals surface area contributed by atoms with Crippen LogP contribution in [0.4, 0.5) is 0 Å². The molecule has 1 heterocycles. The second-order valence-electron chi connectivity index (χ2n) is 1.41. The van der Waals surface area contributed by atoms with Gasteiger partial charge >= 0.3 is 5.17 Å². The topological polar surface area (TPSA) is 26.9 Å².